The minimum atomic E-state index is -0.818. The van der Waals surface area contributed by atoms with Crippen LogP contribution in [0.5, 0.6) is 0 Å². The molecule has 0 unspecified atom stereocenters. The molecule has 0 aromatic rings. The van der Waals surface area contributed by atoms with Crippen molar-refractivity contribution in [2.24, 2.45) is 0 Å². The quantitative estimate of drug-likeness (QED) is 0.552. The summed E-state index contributed by atoms with van der Waals surface area (Å²) in [6, 6.07) is 0. The molecule has 0 atom stereocenters. The van der Waals surface area contributed by atoms with Crippen molar-refractivity contribution in [2.75, 3.05) is 13.7 Å². The monoisotopic (exact) mass is 150 g/mol. The molecule has 0 fully saturated rings. The van der Waals surface area contributed by atoms with Gasteiger partial charge in [-0.2, -0.15) is 0 Å². The van der Waals surface area contributed by atoms with Crippen LogP contribution in [0.25, 0.3) is 0 Å². The van der Waals surface area contributed by atoms with E-state index in [1.807, 2.05) is 0 Å². The highest BCUT2D eigenvalue weighted by Crippen LogP contribution is 1.76. The zero-order valence-electron chi connectivity index (χ0n) is 6.18. The molecule has 0 aromatic heterocycles. The third kappa shape index (κ3) is 18.3. The van der Waals surface area contributed by atoms with E-state index in [0.717, 1.165) is 0 Å². The van der Waals surface area contributed by atoms with E-state index in [0.29, 0.717) is 6.61 Å². The van der Waals surface area contributed by atoms with E-state index in [-0.39, 0.29) is 6.42 Å². The Kier molecular flexibility index (Phi) is 13.5. The molecule has 0 aromatic carbocycles. The van der Waals surface area contributed by atoms with E-state index < -0.39 is 5.97 Å². The molecule has 9 heavy (non-hydrogen) atoms. The first kappa shape index (κ1) is 11.4. The zero-order chi connectivity index (χ0) is 7.70. The van der Waals surface area contributed by atoms with Gasteiger partial charge in [-0.3, -0.25) is 4.79 Å². The van der Waals surface area contributed by atoms with Crippen molar-refractivity contribution in [2.45, 2.75) is 13.0 Å². The van der Waals surface area contributed by atoms with Crippen LogP contribution >= 0.6 is 0 Å². The number of ether oxygens (including phenoxy) is 1. The van der Waals surface area contributed by atoms with Gasteiger partial charge in [0.15, 0.2) is 0 Å². The first-order valence-corrected chi connectivity index (χ1v) is 4.98. The van der Waals surface area contributed by atoms with Gasteiger partial charge in [0.05, 0.1) is 13.0 Å². The predicted molar refractivity (Wildman–Crippen MR) is 39.9 cm³/mol. The van der Waals surface area contributed by atoms with Crippen LogP contribution in [0.2, 0.25) is 6.55 Å². The van der Waals surface area contributed by atoms with E-state index in [2.05, 4.69) is 11.3 Å². The van der Waals surface area contributed by atoms with Crippen LogP contribution in [0.1, 0.15) is 6.42 Å². The lowest BCUT2D eigenvalue weighted by atomic mass is 10.5. The summed E-state index contributed by atoms with van der Waals surface area (Å²) in [6.45, 7) is 2.44. The van der Waals surface area contributed by atoms with Gasteiger partial charge in [-0.1, -0.05) is 6.55 Å². The van der Waals surface area contributed by atoms with Crippen LogP contribution in [-0.2, 0) is 9.53 Å². The predicted octanol–water partition coefficient (Wildman–Crippen LogP) is -0.493. The molecule has 0 rings (SSSR count). The van der Waals surface area contributed by atoms with Crippen LogP contribution in [-0.4, -0.2) is 35.0 Å². The average molecular weight is 150 g/mol. The Morgan fingerprint density at radius 1 is 1.67 bits per heavy atom. The van der Waals surface area contributed by atoms with Gasteiger partial charge in [0.1, 0.15) is 0 Å². The van der Waals surface area contributed by atoms with Crippen molar-refractivity contribution in [3.05, 3.63) is 0 Å². The number of rotatable bonds is 3. The van der Waals surface area contributed by atoms with E-state index in [9.17, 15) is 4.79 Å². The van der Waals surface area contributed by atoms with Crippen molar-refractivity contribution in [1.29, 1.82) is 0 Å². The Balaban J connectivity index is 0. The van der Waals surface area contributed by atoms with Crippen LogP contribution in [0.3, 0.4) is 0 Å². The second-order valence-corrected chi connectivity index (χ2v) is 1.14. The molecule has 0 amide bonds. The van der Waals surface area contributed by atoms with E-state index in [1.54, 1.807) is 0 Å². The second-order valence-electron chi connectivity index (χ2n) is 1.14. The van der Waals surface area contributed by atoms with Gasteiger partial charge in [0, 0.05) is 7.11 Å². The first-order chi connectivity index (χ1) is 4.27. The van der Waals surface area contributed by atoms with Crippen molar-refractivity contribution in [3.63, 3.8) is 0 Å². The lowest BCUT2D eigenvalue weighted by molar-refractivity contribution is -0.137. The molecule has 0 saturated heterocycles. The van der Waals surface area contributed by atoms with E-state index >= 15 is 0 Å². The summed E-state index contributed by atoms with van der Waals surface area (Å²) < 4.78 is 4.47. The Hall–Kier alpha value is -0.353. The number of carbonyl (C=O) groups is 1. The van der Waals surface area contributed by atoms with Crippen LogP contribution < -0.4 is 0 Å². The molecule has 0 spiro atoms. The summed E-state index contributed by atoms with van der Waals surface area (Å²) in [7, 11) is 2.78. The maximum Gasteiger partial charge on any atom is 0.305 e. The number of aliphatic carboxylic acids is 1. The second kappa shape index (κ2) is 10.6. The molecule has 0 saturated carbocycles. The fourth-order valence-corrected chi connectivity index (χ4v) is 0.189. The number of carboxylic acids is 1. The highest BCUT2D eigenvalue weighted by molar-refractivity contribution is 6.05. The van der Waals surface area contributed by atoms with Gasteiger partial charge in [-0.05, 0) is 10.2 Å². The summed E-state index contributed by atoms with van der Waals surface area (Å²) in [5.74, 6) is -0.818. The average Bonchev–Trinajstić information content (AvgIpc) is 1.88. The molecular formula is C5H14O3Si. The molecule has 4 heteroatoms. The summed E-state index contributed by atoms with van der Waals surface area (Å²) in [5.41, 5.74) is 0. The van der Waals surface area contributed by atoms with Crippen LogP contribution in [0, 0.1) is 0 Å². The Morgan fingerprint density at radius 3 is 2.22 bits per heavy atom. The number of carboxylic acid groups (broad SMARTS) is 1. The molecule has 0 heterocycles. The molecule has 0 aliphatic carbocycles. The summed E-state index contributed by atoms with van der Waals surface area (Å²) in [6.07, 6.45) is 0.0938. The lowest BCUT2D eigenvalue weighted by Gasteiger charge is -1.88. The molecule has 1 N–H and O–H groups in total. The van der Waals surface area contributed by atoms with Crippen molar-refractivity contribution in [1.82, 2.24) is 0 Å². The molecule has 0 aliphatic rings. The number of hydrogen-bond acceptors (Lipinski definition) is 2. The third-order valence-electron chi connectivity index (χ3n) is 0.520. The summed E-state index contributed by atoms with van der Waals surface area (Å²) in [4.78, 5) is 9.68. The van der Waals surface area contributed by atoms with Gasteiger partial charge < -0.3 is 9.84 Å². The highest BCUT2D eigenvalue weighted by atomic mass is 28.1. The van der Waals surface area contributed by atoms with Crippen molar-refractivity contribution < 1.29 is 14.6 Å². The lowest BCUT2D eigenvalue weighted by Crippen LogP contribution is -1.99. The standard InChI is InChI=1S/C4H8O3.CH6Si/c1-7-3-2-4(5)6;1-2/h2-3H2,1H3,(H,5,6);1-2H3. The molecule has 0 bridgehead atoms. The molecule has 3 nitrogen and oxygen atoms in total. The largest absolute Gasteiger partial charge is 0.481 e. The topological polar surface area (TPSA) is 46.5 Å². The summed E-state index contributed by atoms with van der Waals surface area (Å²) in [5, 5.41) is 7.96. The van der Waals surface area contributed by atoms with Gasteiger partial charge in [0.25, 0.3) is 0 Å². The third-order valence-corrected chi connectivity index (χ3v) is 0.520. The minimum absolute atomic E-state index is 0.0938. The fourth-order valence-electron chi connectivity index (χ4n) is 0.189. The Bertz CT molecular complexity index is 65.2. The van der Waals surface area contributed by atoms with Crippen LogP contribution in [0.15, 0.2) is 0 Å². The number of hydrogen-bond donors (Lipinski definition) is 1. The molecule has 56 valence electrons. The first-order valence-electron chi connectivity index (χ1n) is 2.98. The maximum atomic E-state index is 9.68. The molecular weight excluding hydrogens is 136 g/mol. The zero-order valence-corrected chi connectivity index (χ0v) is 8.18. The smallest absolute Gasteiger partial charge is 0.305 e. The highest BCUT2D eigenvalue weighted by Gasteiger charge is 1.91. The normalized spacial score (nSPS) is 7.78. The van der Waals surface area contributed by atoms with Crippen molar-refractivity contribution in [3.8, 4) is 0 Å². The SMILES string of the molecule is COCCC(=O)O.C[SiH3]. The van der Waals surface area contributed by atoms with Gasteiger partial charge in [0.2, 0.25) is 0 Å². The minimum Gasteiger partial charge on any atom is -0.481 e. The van der Waals surface area contributed by atoms with E-state index in [4.69, 9.17) is 5.11 Å². The van der Waals surface area contributed by atoms with Gasteiger partial charge >= 0.3 is 5.97 Å². The summed E-state index contributed by atoms with van der Waals surface area (Å²) >= 11 is 0. The van der Waals surface area contributed by atoms with Crippen LogP contribution in [0.4, 0.5) is 0 Å². The van der Waals surface area contributed by atoms with E-state index in [1.165, 1.54) is 17.4 Å². The molecule has 0 radical (unpaired) electrons. The molecule has 0 aliphatic heterocycles. The van der Waals surface area contributed by atoms with Gasteiger partial charge in [-0.15, -0.1) is 0 Å². The Labute approximate surface area is 58.4 Å². The van der Waals surface area contributed by atoms with Gasteiger partial charge in [-0.25, -0.2) is 0 Å². The number of methoxy groups -OCH3 is 1. The van der Waals surface area contributed by atoms with Crippen molar-refractivity contribution >= 4 is 16.2 Å². The fraction of sp³-hybridized carbons (Fsp3) is 0.800. The Morgan fingerprint density at radius 2 is 2.11 bits per heavy atom. The maximum absolute atomic E-state index is 9.68.